The van der Waals surface area contributed by atoms with Crippen molar-refractivity contribution < 1.29 is 14.3 Å². The summed E-state index contributed by atoms with van der Waals surface area (Å²) < 4.78 is 5.01. The van der Waals surface area contributed by atoms with Crippen molar-refractivity contribution in [3.05, 3.63) is 53.2 Å². The molecule has 0 unspecified atom stereocenters. The fourth-order valence-electron chi connectivity index (χ4n) is 3.22. The number of hydrogen-bond donors (Lipinski definition) is 1. The molecule has 1 N–H and O–H groups in total. The van der Waals surface area contributed by atoms with Crippen LogP contribution >= 0.6 is 0 Å². The maximum Gasteiger partial charge on any atom is 0.409 e. The fraction of sp³-hybridized carbons (Fsp3) is 0.381. The Morgan fingerprint density at radius 1 is 1.04 bits per heavy atom. The maximum atomic E-state index is 12.7. The van der Waals surface area contributed by atoms with Gasteiger partial charge in [0.1, 0.15) is 5.82 Å². The van der Waals surface area contributed by atoms with E-state index in [-0.39, 0.29) is 12.0 Å². The van der Waals surface area contributed by atoms with Crippen molar-refractivity contribution in [3.8, 4) is 0 Å². The Labute approximate surface area is 165 Å². The van der Waals surface area contributed by atoms with Crippen molar-refractivity contribution >= 4 is 23.5 Å². The number of carbonyl (C=O) groups excluding carboxylic acids is 2. The number of amides is 2. The number of aryl methyl sites for hydroxylation is 2. The van der Waals surface area contributed by atoms with E-state index in [4.69, 9.17) is 4.74 Å². The van der Waals surface area contributed by atoms with Gasteiger partial charge in [0.25, 0.3) is 5.91 Å². The quantitative estimate of drug-likeness (QED) is 0.878. The number of ether oxygens (including phenoxy) is 1. The van der Waals surface area contributed by atoms with E-state index in [1.165, 1.54) is 0 Å². The minimum absolute atomic E-state index is 0.0744. The van der Waals surface area contributed by atoms with Gasteiger partial charge in [-0.3, -0.25) is 4.79 Å². The Bertz CT molecular complexity index is 823. The van der Waals surface area contributed by atoms with E-state index >= 15 is 0 Å². The number of carbonyl (C=O) groups is 2. The van der Waals surface area contributed by atoms with Gasteiger partial charge in [-0.25, -0.2) is 9.78 Å². The second-order valence-corrected chi connectivity index (χ2v) is 6.80. The van der Waals surface area contributed by atoms with Crippen molar-refractivity contribution in [2.24, 2.45) is 0 Å². The molecule has 1 saturated heterocycles. The summed E-state index contributed by atoms with van der Waals surface area (Å²) in [7, 11) is 0. The molecule has 1 aliphatic rings. The van der Waals surface area contributed by atoms with Crippen LogP contribution in [-0.2, 0) is 4.74 Å². The molecule has 7 heteroatoms. The highest BCUT2D eigenvalue weighted by molar-refractivity contribution is 5.94. The number of pyridine rings is 1. The van der Waals surface area contributed by atoms with E-state index in [9.17, 15) is 9.59 Å². The number of para-hydroxylation sites is 1. The third kappa shape index (κ3) is 4.42. The summed E-state index contributed by atoms with van der Waals surface area (Å²) in [6, 6.07) is 9.70. The standard InChI is InChI=1S/C21H26N4O3/c1-4-28-21(27)25-12-10-24(11-13-25)20(26)17-8-9-18(22-14-17)23-19-15(2)6-5-7-16(19)3/h5-9,14H,4,10-13H2,1-3H3,(H,22,23). The molecule has 0 spiro atoms. The molecule has 2 heterocycles. The molecule has 1 aromatic carbocycles. The lowest BCUT2D eigenvalue weighted by Crippen LogP contribution is -2.50. The highest BCUT2D eigenvalue weighted by Gasteiger charge is 2.25. The Morgan fingerprint density at radius 2 is 1.68 bits per heavy atom. The molecule has 28 heavy (non-hydrogen) atoms. The van der Waals surface area contributed by atoms with Crippen molar-refractivity contribution in [1.29, 1.82) is 0 Å². The molecule has 0 atom stereocenters. The van der Waals surface area contributed by atoms with E-state index in [1.54, 1.807) is 29.0 Å². The van der Waals surface area contributed by atoms with Crippen molar-refractivity contribution in [2.45, 2.75) is 20.8 Å². The Morgan fingerprint density at radius 3 is 2.25 bits per heavy atom. The largest absolute Gasteiger partial charge is 0.450 e. The highest BCUT2D eigenvalue weighted by atomic mass is 16.6. The summed E-state index contributed by atoms with van der Waals surface area (Å²) in [6.07, 6.45) is 1.27. The lowest BCUT2D eigenvalue weighted by molar-refractivity contribution is 0.0570. The third-order valence-electron chi connectivity index (χ3n) is 4.84. The molecule has 7 nitrogen and oxygen atoms in total. The average Bonchev–Trinajstić information content (AvgIpc) is 2.71. The zero-order chi connectivity index (χ0) is 20.1. The van der Waals surface area contributed by atoms with Gasteiger partial charge in [-0.2, -0.15) is 0 Å². The van der Waals surface area contributed by atoms with Gasteiger partial charge < -0.3 is 19.9 Å². The van der Waals surface area contributed by atoms with Crippen molar-refractivity contribution in [2.75, 3.05) is 38.1 Å². The number of hydrogen-bond acceptors (Lipinski definition) is 5. The minimum atomic E-state index is -0.321. The van der Waals surface area contributed by atoms with Gasteiger partial charge in [0, 0.05) is 38.1 Å². The van der Waals surface area contributed by atoms with E-state index in [0.717, 1.165) is 16.8 Å². The van der Waals surface area contributed by atoms with Crippen LogP contribution in [0.2, 0.25) is 0 Å². The lowest BCUT2D eigenvalue weighted by Gasteiger charge is -2.34. The predicted molar refractivity (Wildman–Crippen MR) is 108 cm³/mol. The molecule has 2 aromatic rings. The number of nitrogens with one attached hydrogen (secondary N) is 1. The summed E-state index contributed by atoms with van der Waals surface area (Å²) in [5, 5.41) is 3.32. The van der Waals surface area contributed by atoms with Gasteiger partial charge in [-0.15, -0.1) is 0 Å². The zero-order valence-electron chi connectivity index (χ0n) is 16.6. The molecular formula is C21H26N4O3. The van der Waals surface area contributed by atoms with Gasteiger partial charge in [-0.1, -0.05) is 18.2 Å². The SMILES string of the molecule is CCOC(=O)N1CCN(C(=O)c2ccc(Nc3c(C)cccc3C)nc2)CC1. The van der Waals surface area contributed by atoms with Gasteiger partial charge in [0.05, 0.1) is 12.2 Å². The number of rotatable bonds is 4. The van der Waals surface area contributed by atoms with Gasteiger partial charge >= 0.3 is 6.09 Å². The van der Waals surface area contributed by atoms with Crippen LogP contribution in [0.5, 0.6) is 0 Å². The van der Waals surface area contributed by atoms with Crippen LogP contribution in [0.1, 0.15) is 28.4 Å². The molecule has 1 aromatic heterocycles. The number of benzene rings is 1. The topological polar surface area (TPSA) is 74.8 Å². The highest BCUT2D eigenvalue weighted by Crippen LogP contribution is 2.23. The first kappa shape index (κ1) is 19.7. The van der Waals surface area contributed by atoms with Crippen LogP contribution in [-0.4, -0.2) is 59.6 Å². The molecule has 1 aliphatic heterocycles. The molecule has 148 valence electrons. The predicted octanol–water partition coefficient (Wildman–Crippen LogP) is 3.36. The van der Waals surface area contributed by atoms with Crippen molar-refractivity contribution in [3.63, 3.8) is 0 Å². The Hall–Kier alpha value is -3.09. The molecule has 3 rings (SSSR count). The number of nitrogens with zero attached hydrogens (tertiary/aromatic N) is 3. The third-order valence-corrected chi connectivity index (χ3v) is 4.84. The molecule has 0 radical (unpaired) electrons. The lowest BCUT2D eigenvalue weighted by atomic mass is 10.1. The first-order valence-corrected chi connectivity index (χ1v) is 9.50. The van der Waals surface area contributed by atoms with Crippen molar-refractivity contribution in [1.82, 2.24) is 14.8 Å². The Kier molecular flexibility index (Phi) is 6.13. The molecule has 1 fully saturated rings. The number of piperazine rings is 1. The summed E-state index contributed by atoms with van der Waals surface area (Å²) in [4.78, 5) is 32.2. The summed E-state index contributed by atoms with van der Waals surface area (Å²) >= 11 is 0. The summed E-state index contributed by atoms with van der Waals surface area (Å²) in [6.45, 7) is 8.15. The molecule has 2 amide bonds. The van der Waals surface area contributed by atoms with Crippen LogP contribution in [0.25, 0.3) is 0 Å². The van der Waals surface area contributed by atoms with E-state index < -0.39 is 0 Å². The van der Waals surface area contributed by atoms with E-state index in [2.05, 4.69) is 10.3 Å². The molecule has 0 aliphatic carbocycles. The number of anilines is 2. The van der Waals surface area contributed by atoms with E-state index in [0.29, 0.717) is 44.2 Å². The second-order valence-electron chi connectivity index (χ2n) is 6.80. The summed E-state index contributed by atoms with van der Waals surface area (Å²) in [5.74, 6) is 0.621. The normalized spacial score (nSPS) is 14.0. The second kappa shape index (κ2) is 8.73. The number of aromatic nitrogens is 1. The molecular weight excluding hydrogens is 356 g/mol. The van der Waals surface area contributed by atoms with Crippen LogP contribution in [0, 0.1) is 13.8 Å². The molecule has 0 bridgehead atoms. The zero-order valence-corrected chi connectivity index (χ0v) is 16.6. The Balaban J connectivity index is 1.61. The van der Waals surface area contributed by atoms with Gasteiger partial charge in [0.15, 0.2) is 0 Å². The van der Waals surface area contributed by atoms with Crippen LogP contribution in [0.3, 0.4) is 0 Å². The average molecular weight is 382 g/mol. The monoisotopic (exact) mass is 382 g/mol. The fourth-order valence-corrected chi connectivity index (χ4v) is 3.22. The summed E-state index contributed by atoms with van der Waals surface area (Å²) in [5.41, 5.74) is 3.85. The van der Waals surface area contributed by atoms with Gasteiger partial charge in [-0.05, 0) is 44.0 Å². The molecule has 0 saturated carbocycles. The minimum Gasteiger partial charge on any atom is -0.450 e. The first-order chi connectivity index (χ1) is 13.5. The maximum absolute atomic E-state index is 12.7. The smallest absolute Gasteiger partial charge is 0.409 e. The van der Waals surface area contributed by atoms with Gasteiger partial charge in [0.2, 0.25) is 0 Å². The van der Waals surface area contributed by atoms with Crippen LogP contribution in [0.15, 0.2) is 36.5 Å². The van der Waals surface area contributed by atoms with Crippen LogP contribution < -0.4 is 5.32 Å². The first-order valence-electron chi connectivity index (χ1n) is 9.50. The van der Waals surface area contributed by atoms with Crippen LogP contribution in [0.4, 0.5) is 16.3 Å². The van der Waals surface area contributed by atoms with E-state index in [1.807, 2.05) is 38.1 Å².